The number of benzene rings is 1. The molecule has 146 valence electrons. The zero-order chi connectivity index (χ0) is 19.3. The summed E-state index contributed by atoms with van der Waals surface area (Å²) in [5.41, 5.74) is 2.66. The molecule has 3 heterocycles. The van der Waals surface area contributed by atoms with E-state index in [4.69, 9.17) is 4.74 Å². The molecule has 0 spiro atoms. The zero-order valence-electron chi connectivity index (χ0n) is 15.7. The summed E-state index contributed by atoms with van der Waals surface area (Å²) in [6, 6.07) is 11.6. The number of morpholine rings is 1. The van der Waals surface area contributed by atoms with Crippen LogP contribution in [0.4, 0.5) is 17.2 Å². The Morgan fingerprint density at radius 2 is 2.04 bits per heavy atom. The van der Waals surface area contributed by atoms with Gasteiger partial charge in [-0.1, -0.05) is 18.2 Å². The Morgan fingerprint density at radius 1 is 1.21 bits per heavy atom. The number of fused-ring (bicyclic) bond motifs is 1. The highest BCUT2D eigenvalue weighted by Gasteiger charge is 2.26. The molecule has 1 fully saturated rings. The first kappa shape index (κ1) is 18.4. The maximum Gasteiger partial charge on any atom is 0.227 e. The largest absolute Gasteiger partial charge is 0.378 e. The van der Waals surface area contributed by atoms with Crippen LogP contribution in [0.2, 0.25) is 0 Å². The fourth-order valence-corrected chi connectivity index (χ4v) is 3.61. The van der Waals surface area contributed by atoms with Crippen molar-refractivity contribution < 1.29 is 14.3 Å². The van der Waals surface area contributed by atoms with E-state index >= 15 is 0 Å². The van der Waals surface area contributed by atoms with Crippen LogP contribution in [0.1, 0.15) is 18.4 Å². The van der Waals surface area contributed by atoms with E-state index in [0.717, 1.165) is 30.2 Å². The molecule has 2 aliphatic heterocycles. The van der Waals surface area contributed by atoms with Crippen LogP contribution in [0.5, 0.6) is 0 Å². The van der Waals surface area contributed by atoms with Gasteiger partial charge in [-0.15, -0.1) is 0 Å². The Labute approximate surface area is 164 Å². The summed E-state index contributed by atoms with van der Waals surface area (Å²) in [6.07, 6.45) is 3.16. The third-order valence-electron chi connectivity index (χ3n) is 5.20. The standard InChI is InChI=1S/C21H24N4O3/c26-20(8-5-16-13-15-3-1-2-4-18(15)24-21(16)27)23-17-6-7-19(22-14-17)25-9-11-28-12-10-25/h1-4,6-7,14,16H,5,8-13H2,(H,23,26)(H,24,27)/t16-/m1/s1. The van der Waals surface area contributed by atoms with Gasteiger partial charge in [0, 0.05) is 31.1 Å². The number of carbonyl (C=O) groups is 2. The summed E-state index contributed by atoms with van der Waals surface area (Å²) in [5, 5.41) is 5.80. The molecule has 0 saturated carbocycles. The number of rotatable bonds is 5. The van der Waals surface area contributed by atoms with Crippen molar-refractivity contribution >= 4 is 29.0 Å². The van der Waals surface area contributed by atoms with Crippen molar-refractivity contribution in [3.05, 3.63) is 48.2 Å². The lowest BCUT2D eigenvalue weighted by molar-refractivity contribution is -0.121. The highest BCUT2D eigenvalue weighted by molar-refractivity contribution is 5.96. The van der Waals surface area contributed by atoms with E-state index in [1.165, 1.54) is 0 Å². The number of amides is 2. The Balaban J connectivity index is 1.28. The molecule has 4 rings (SSSR count). The van der Waals surface area contributed by atoms with Crippen LogP contribution in [0.25, 0.3) is 0 Å². The van der Waals surface area contributed by atoms with Gasteiger partial charge in [-0.2, -0.15) is 0 Å². The third kappa shape index (κ3) is 4.31. The summed E-state index contributed by atoms with van der Waals surface area (Å²) in [4.78, 5) is 31.1. The number of aromatic nitrogens is 1. The molecule has 28 heavy (non-hydrogen) atoms. The molecule has 2 amide bonds. The van der Waals surface area contributed by atoms with Crippen LogP contribution in [-0.2, 0) is 20.7 Å². The Morgan fingerprint density at radius 3 is 2.82 bits per heavy atom. The molecule has 1 atom stereocenters. The van der Waals surface area contributed by atoms with Gasteiger partial charge in [0.2, 0.25) is 11.8 Å². The SMILES string of the molecule is O=C(CC[C@@H]1Cc2ccccc2NC1=O)Nc1ccc(N2CCOCC2)nc1. The lowest BCUT2D eigenvalue weighted by Gasteiger charge is -2.27. The van der Waals surface area contributed by atoms with Gasteiger partial charge in [-0.3, -0.25) is 9.59 Å². The minimum Gasteiger partial charge on any atom is -0.378 e. The van der Waals surface area contributed by atoms with Crippen LogP contribution in [0.15, 0.2) is 42.6 Å². The summed E-state index contributed by atoms with van der Waals surface area (Å²) in [5.74, 6) is 0.594. The first-order chi connectivity index (χ1) is 13.7. The third-order valence-corrected chi connectivity index (χ3v) is 5.20. The van der Waals surface area contributed by atoms with Gasteiger partial charge in [-0.05, 0) is 36.6 Å². The highest BCUT2D eigenvalue weighted by Crippen LogP contribution is 2.27. The number of hydrogen-bond acceptors (Lipinski definition) is 5. The van der Waals surface area contributed by atoms with Crippen LogP contribution >= 0.6 is 0 Å². The fraction of sp³-hybridized carbons (Fsp3) is 0.381. The van der Waals surface area contributed by atoms with Gasteiger partial charge >= 0.3 is 0 Å². The van der Waals surface area contributed by atoms with E-state index in [-0.39, 0.29) is 17.7 Å². The van der Waals surface area contributed by atoms with E-state index in [9.17, 15) is 9.59 Å². The number of carbonyl (C=O) groups excluding carboxylic acids is 2. The van der Waals surface area contributed by atoms with E-state index in [2.05, 4.69) is 20.5 Å². The normalized spacial score (nSPS) is 18.9. The number of nitrogens with zero attached hydrogens (tertiary/aromatic N) is 2. The molecule has 7 heteroatoms. The first-order valence-electron chi connectivity index (χ1n) is 9.66. The van der Waals surface area contributed by atoms with Crippen LogP contribution < -0.4 is 15.5 Å². The average Bonchev–Trinajstić information content (AvgIpc) is 2.73. The molecule has 0 unspecified atom stereocenters. The van der Waals surface area contributed by atoms with Gasteiger partial charge in [-0.25, -0.2) is 4.98 Å². The topological polar surface area (TPSA) is 83.6 Å². The van der Waals surface area contributed by atoms with E-state index < -0.39 is 0 Å². The predicted octanol–water partition coefficient (Wildman–Crippen LogP) is 2.45. The minimum absolute atomic E-state index is 0.0111. The van der Waals surface area contributed by atoms with Crippen molar-refractivity contribution in [3.63, 3.8) is 0 Å². The quantitative estimate of drug-likeness (QED) is 0.832. The summed E-state index contributed by atoms with van der Waals surface area (Å²) >= 11 is 0. The first-order valence-corrected chi connectivity index (χ1v) is 9.66. The minimum atomic E-state index is -0.178. The molecule has 7 nitrogen and oxygen atoms in total. The van der Waals surface area contributed by atoms with Gasteiger partial charge in [0.25, 0.3) is 0 Å². The van der Waals surface area contributed by atoms with E-state index in [1.54, 1.807) is 6.20 Å². The number of pyridine rings is 1. The van der Waals surface area contributed by atoms with Crippen LogP contribution in [0, 0.1) is 5.92 Å². The summed E-state index contributed by atoms with van der Waals surface area (Å²) in [6.45, 7) is 3.06. The van der Waals surface area contributed by atoms with Crippen LogP contribution in [-0.4, -0.2) is 43.1 Å². The number of nitrogens with one attached hydrogen (secondary N) is 2. The molecule has 1 aromatic carbocycles. The Bertz CT molecular complexity index is 847. The van der Waals surface area contributed by atoms with Crippen molar-refractivity contribution in [2.24, 2.45) is 5.92 Å². The molecule has 0 bridgehead atoms. The smallest absolute Gasteiger partial charge is 0.227 e. The summed E-state index contributed by atoms with van der Waals surface area (Å²) < 4.78 is 5.35. The second-order valence-electron chi connectivity index (χ2n) is 7.14. The molecule has 2 aliphatic rings. The second kappa shape index (κ2) is 8.39. The maximum absolute atomic E-state index is 12.3. The Hall–Kier alpha value is -2.93. The molecule has 2 N–H and O–H groups in total. The van der Waals surface area contributed by atoms with Gasteiger partial charge in [0.1, 0.15) is 5.82 Å². The van der Waals surface area contributed by atoms with Crippen LogP contribution in [0.3, 0.4) is 0 Å². The zero-order valence-corrected chi connectivity index (χ0v) is 15.7. The van der Waals surface area contributed by atoms with Crippen molar-refractivity contribution in [3.8, 4) is 0 Å². The fourth-order valence-electron chi connectivity index (χ4n) is 3.61. The lowest BCUT2D eigenvalue weighted by Crippen LogP contribution is -2.36. The summed E-state index contributed by atoms with van der Waals surface area (Å²) in [7, 11) is 0. The molecule has 0 radical (unpaired) electrons. The van der Waals surface area contributed by atoms with Gasteiger partial charge in [0.15, 0.2) is 0 Å². The predicted molar refractivity (Wildman–Crippen MR) is 107 cm³/mol. The lowest BCUT2D eigenvalue weighted by atomic mass is 9.89. The molecule has 1 aromatic heterocycles. The molecular weight excluding hydrogens is 356 g/mol. The Kier molecular flexibility index (Phi) is 5.53. The van der Waals surface area contributed by atoms with Crippen molar-refractivity contribution in [2.45, 2.75) is 19.3 Å². The number of ether oxygens (including phenoxy) is 1. The van der Waals surface area contributed by atoms with Gasteiger partial charge < -0.3 is 20.3 Å². The molecule has 1 saturated heterocycles. The highest BCUT2D eigenvalue weighted by atomic mass is 16.5. The number of anilines is 3. The number of para-hydroxylation sites is 1. The molecule has 2 aromatic rings. The van der Waals surface area contributed by atoms with Crippen molar-refractivity contribution in [2.75, 3.05) is 41.8 Å². The molecular formula is C21H24N4O3. The monoisotopic (exact) mass is 380 g/mol. The van der Waals surface area contributed by atoms with E-state index in [0.29, 0.717) is 38.2 Å². The van der Waals surface area contributed by atoms with E-state index in [1.807, 2.05) is 36.4 Å². The van der Waals surface area contributed by atoms with Crippen molar-refractivity contribution in [1.82, 2.24) is 4.98 Å². The van der Waals surface area contributed by atoms with Gasteiger partial charge in [0.05, 0.1) is 25.1 Å². The average molecular weight is 380 g/mol. The molecule has 0 aliphatic carbocycles. The number of hydrogen-bond donors (Lipinski definition) is 2. The van der Waals surface area contributed by atoms with Crippen molar-refractivity contribution in [1.29, 1.82) is 0 Å². The maximum atomic E-state index is 12.3. The second-order valence-corrected chi connectivity index (χ2v) is 7.14.